The standard InChI is InChI=1S/C30H28F3N5O2/c1-17-13-19(29-34-15-20-14-21(30(31,32)33)4-6-25(20)35-29)3-5-23(17)24-9-12-38-27(28(24)40)18(2)26(36-38)16-37-10-7-22(39)8-11-37/h3-6,13-15,24H,7-12,16H2,1-2H3. The van der Waals surface area contributed by atoms with Gasteiger partial charge in [0, 0.05) is 61.7 Å². The summed E-state index contributed by atoms with van der Waals surface area (Å²) < 4.78 is 41.0. The number of piperidine rings is 1. The van der Waals surface area contributed by atoms with Gasteiger partial charge in [0.05, 0.1) is 22.7 Å². The van der Waals surface area contributed by atoms with Gasteiger partial charge in [0.2, 0.25) is 0 Å². The number of nitrogens with zero attached hydrogens (tertiary/aromatic N) is 5. The lowest BCUT2D eigenvalue weighted by molar-refractivity contribution is -0.137. The van der Waals surface area contributed by atoms with Gasteiger partial charge in [-0.05, 0) is 55.7 Å². The molecule has 4 heterocycles. The second kappa shape index (κ2) is 9.92. The molecule has 0 bridgehead atoms. The number of halogens is 3. The summed E-state index contributed by atoms with van der Waals surface area (Å²) in [5.41, 5.74) is 4.73. The Kier molecular flexibility index (Phi) is 6.53. The van der Waals surface area contributed by atoms with Gasteiger partial charge in [-0.2, -0.15) is 18.3 Å². The number of likely N-dealkylation sites (tertiary alicyclic amines) is 1. The van der Waals surface area contributed by atoms with Gasteiger partial charge < -0.3 is 0 Å². The van der Waals surface area contributed by atoms with Crippen LogP contribution in [-0.4, -0.2) is 49.3 Å². The van der Waals surface area contributed by atoms with E-state index in [2.05, 4.69) is 14.9 Å². The third-order valence-corrected chi connectivity index (χ3v) is 8.06. The Balaban J connectivity index is 1.24. The molecule has 6 rings (SSSR count). The zero-order valence-electron chi connectivity index (χ0n) is 22.3. The first-order valence-electron chi connectivity index (χ1n) is 13.4. The van der Waals surface area contributed by atoms with Crippen molar-refractivity contribution in [3.05, 3.63) is 76.2 Å². The van der Waals surface area contributed by atoms with Crippen LogP contribution in [0.25, 0.3) is 22.3 Å². The fourth-order valence-electron chi connectivity index (χ4n) is 5.80. The summed E-state index contributed by atoms with van der Waals surface area (Å²) in [5, 5.41) is 5.07. The van der Waals surface area contributed by atoms with E-state index in [0.717, 1.165) is 53.2 Å². The summed E-state index contributed by atoms with van der Waals surface area (Å²) in [7, 11) is 0. The van der Waals surface area contributed by atoms with Crippen LogP contribution in [0, 0.1) is 13.8 Å². The molecule has 0 N–H and O–H groups in total. The van der Waals surface area contributed by atoms with Crippen molar-refractivity contribution in [1.82, 2.24) is 24.6 Å². The fourth-order valence-corrected chi connectivity index (χ4v) is 5.80. The minimum absolute atomic E-state index is 0.0506. The number of hydrogen-bond donors (Lipinski definition) is 0. The predicted molar refractivity (Wildman–Crippen MR) is 143 cm³/mol. The van der Waals surface area contributed by atoms with E-state index >= 15 is 0 Å². The monoisotopic (exact) mass is 547 g/mol. The largest absolute Gasteiger partial charge is 0.416 e. The average Bonchev–Trinajstić information content (AvgIpc) is 3.24. The normalized spacial score (nSPS) is 18.4. The Morgan fingerprint density at radius 1 is 1.00 bits per heavy atom. The third kappa shape index (κ3) is 4.81. The molecule has 10 heteroatoms. The van der Waals surface area contributed by atoms with Crippen molar-refractivity contribution < 1.29 is 22.8 Å². The maximum Gasteiger partial charge on any atom is 0.416 e. The van der Waals surface area contributed by atoms with Crippen LogP contribution in [0.5, 0.6) is 0 Å². The minimum atomic E-state index is -4.43. The van der Waals surface area contributed by atoms with Gasteiger partial charge in [0.25, 0.3) is 0 Å². The number of ketones is 2. The molecule has 40 heavy (non-hydrogen) atoms. The van der Waals surface area contributed by atoms with Gasteiger partial charge >= 0.3 is 6.18 Å². The Morgan fingerprint density at radius 2 is 1.77 bits per heavy atom. The van der Waals surface area contributed by atoms with E-state index in [0.29, 0.717) is 60.6 Å². The van der Waals surface area contributed by atoms with Gasteiger partial charge in [-0.15, -0.1) is 0 Å². The maximum atomic E-state index is 13.7. The molecule has 0 saturated carbocycles. The van der Waals surface area contributed by atoms with Crippen LogP contribution >= 0.6 is 0 Å². The number of carbonyl (C=O) groups is 2. The van der Waals surface area contributed by atoms with Crippen LogP contribution in [0.3, 0.4) is 0 Å². The van der Waals surface area contributed by atoms with Crippen molar-refractivity contribution in [2.45, 2.75) is 58.3 Å². The van der Waals surface area contributed by atoms with E-state index < -0.39 is 11.7 Å². The second-order valence-electron chi connectivity index (χ2n) is 10.7. The quantitative estimate of drug-likeness (QED) is 0.328. The molecule has 2 aromatic heterocycles. The predicted octanol–water partition coefficient (Wildman–Crippen LogP) is 5.66. The zero-order valence-corrected chi connectivity index (χ0v) is 22.3. The number of rotatable bonds is 4. The molecule has 2 aliphatic rings. The second-order valence-corrected chi connectivity index (χ2v) is 10.7. The molecule has 0 amide bonds. The smallest absolute Gasteiger partial charge is 0.300 e. The molecule has 206 valence electrons. The Hall–Kier alpha value is -3.92. The number of benzene rings is 2. The van der Waals surface area contributed by atoms with Crippen LogP contribution < -0.4 is 0 Å². The van der Waals surface area contributed by atoms with E-state index in [-0.39, 0.29) is 11.7 Å². The Labute approximate surface area is 229 Å². The summed E-state index contributed by atoms with van der Waals surface area (Å²) >= 11 is 0. The van der Waals surface area contributed by atoms with Gasteiger partial charge in [0.15, 0.2) is 11.6 Å². The first kappa shape index (κ1) is 26.3. The first-order chi connectivity index (χ1) is 19.1. The van der Waals surface area contributed by atoms with Gasteiger partial charge in [0.1, 0.15) is 11.5 Å². The molecule has 1 saturated heterocycles. The van der Waals surface area contributed by atoms with Crippen LogP contribution in [0.15, 0.2) is 42.6 Å². The molecule has 7 nitrogen and oxygen atoms in total. The number of aryl methyl sites for hydroxylation is 2. The molecule has 1 unspecified atom stereocenters. The van der Waals surface area contributed by atoms with Gasteiger partial charge in [-0.1, -0.05) is 12.1 Å². The summed E-state index contributed by atoms with van der Waals surface area (Å²) in [6.45, 7) is 6.61. The first-order valence-corrected chi connectivity index (χ1v) is 13.4. The molecule has 0 spiro atoms. The van der Waals surface area contributed by atoms with Crippen molar-refractivity contribution in [3.63, 3.8) is 0 Å². The highest BCUT2D eigenvalue weighted by molar-refractivity contribution is 6.01. The highest BCUT2D eigenvalue weighted by Crippen LogP contribution is 2.36. The topological polar surface area (TPSA) is 81.0 Å². The molecular formula is C30H28F3N5O2. The van der Waals surface area contributed by atoms with E-state index in [9.17, 15) is 22.8 Å². The SMILES string of the molecule is Cc1cc(-c2ncc3cc(C(F)(F)F)ccc3n2)ccc1C1CCn2nc(CN3CCC(=O)CC3)c(C)c2C1=O. The lowest BCUT2D eigenvalue weighted by Crippen LogP contribution is -2.33. The molecule has 2 aliphatic heterocycles. The highest BCUT2D eigenvalue weighted by Gasteiger charge is 2.34. The van der Waals surface area contributed by atoms with Crippen molar-refractivity contribution >= 4 is 22.5 Å². The Bertz CT molecular complexity index is 1650. The maximum absolute atomic E-state index is 13.7. The molecule has 1 fully saturated rings. The number of carbonyl (C=O) groups excluding carboxylic acids is 2. The number of alkyl halides is 3. The van der Waals surface area contributed by atoms with Crippen molar-refractivity contribution in [2.75, 3.05) is 13.1 Å². The zero-order chi connectivity index (χ0) is 28.2. The van der Waals surface area contributed by atoms with Crippen LogP contribution in [0.2, 0.25) is 0 Å². The fraction of sp³-hybridized carbons (Fsp3) is 0.367. The number of Topliss-reactive ketones (excluding diaryl/α,β-unsaturated/α-hetero) is 2. The summed E-state index contributed by atoms with van der Waals surface area (Å²) in [5.74, 6) is 0.461. The average molecular weight is 548 g/mol. The summed E-state index contributed by atoms with van der Waals surface area (Å²) in [6, 6.07) is 9.15. The molecule has 1 atom stereocenters. The lowest BCUT2D eigenvalue weighted by Gasteiger charge is -2.25. The van der Waals surface area contributed by atoms with Crippen molar-refractivity contribution in [1.29, 1.82) is 0 Å². The number of hydrogen-bond acceptors (Lipinski definition) is 6. The molecule has 0 radical (unpaired) electrons. The summed E-state index contributed by atoms with van der Waals surface area (Å²) in [6.07, 6.45) is -1.26. The molecule has 0 aliphatic carbocycles. The molecule has 2 aromatic carbocycles. The van der Waals surface area contributed by atoms with E-state index in [4.69, 9.17) is 5.10 Å². The van der Waals surface area contributed by atoms with E-state index in [1.54, 1.807) is 0 Å². The van der Waals surface area contributed by atoms with E-state index in [1.165, 1.54) is 12.3 Å². The van der Waals surface area contributed by atoms with Crippen molar-refractivity contribution in [3.8, 4) is 11.4 Å². The molecule has 4 aromatic rings. The number of fused-ring (bicyclic) bond motifs is 2. The minimum Gasteiger partial charge on any atom is -0.300 e. The lowest BCUT2D eigenvalue weighted by atomic mass is 9.84. The van der Waals surface area contributed by atoms with E-state index in [1.807, 2.05) is 36.7 Å². The van der Waals surface area contributed by atoms with Crippen LogP contribution in [0.4, 0.5) is 13.2 Å². The van der Waals surface area contributed by atoms with Gasteiger partial charge in [-0.25, -0.2) is 9.97 Å². The van der Waals surface area contributed by atoms with Crippen LogP contribution in [0.1, 0.15) is 63.6 Å². The number of aromatic nitrogens is 4. The highest BCUT2D eigenvalue weighted by atomic mass is 19.4. The van der Waals surface area contributed by atoms with Gasteiger partial charge in [-0.3, -0.25) is 19.2 Å². The summed E-state index contributed by atoms with van der Waals surface area (Å²) in [4.78, 5) is 36.3. The van der Waals surface area contributed by atoms with Crippen molar-refractivity contribution in [2.24, 2.45) is 0 Å². The third-order valence-electron chi connectivity index (χ3n) is 8.06. The Morgan fingerprint density at radius 3 is 2.50 bits per heavy atom. The van der Waals surface area contributed by atoms with Crippen LogP contribution in [-0.2, 0) is 24.1 Å². The molecular weight excluding hydrogens is 519 g/mol.